The van der Waals surface area contributed by atoms with Crippen LogP contribution in [-0.4, -0.2) is 66.4 Å². The van der Waals surface area contributed by atoms with Gasteiger partial charge in [0.15, 0.2) is 6.10 Å². The first kappa shape index (κ1) is 23.6. The molecule has 0 aliphatic heterocycles. The molecular weight excluding hydrogens is 338 g/mol. The smallest absolute Gasteiger partial charge is 0.307 e. The van der Waals surface area contributed by atoms with E-state index in [1.54, 1.807) is 30.4 Å². The first-order valence-electron chi connectivity index (χ1n) is 8.52. The van der Waals surface area contributed by atoms with Gasteiger partial charge in [-0.05, 0) is 12.8 Å². The predicted molar refractivity (Wildman–Crippen MR) is 98.6 cm³/mol. The van der Waals surface area contributed by atoms with E-state index < -0.39 is 24.0 Å². The summed E-state index contributed by atoms with van der Waals surface area (Å²) < 4.78 is 5.79. The molecule has 0 aliphatic rings. The lowest BCUT2D eigenvalue weighted by molar-refractivity contribution is -0.873. The summed E-state index contributed by atoms with van der Waals surface area (Å²) in [5.74, 6) is -2.22. The highest BCUT2D eigenvalue weighted by molar-refractivity contribution is 5.71. The number of nitrogens with zero attached hydrogens (tertiary/aromatic N) is 1. The van der Waals surface area contributed by atoms with Crippen LogP contribution in [-0.2, 0) is 19.1 Å². The highest BCUT2D eigenvalue weighted by atomic mass is 16.5. The van der Waals surface area contributed by atoms with E-state index >= 15 is 0 Å². The van der Waals surface area contributed by atoms with Gasteiger partial charge < -0.3 is 19.4 Å². The third-order valence-corrected chi connectivity index (χ3v) is 3.10. The Morgan fingerprint density at radius 1 is 0.885 bits per heavy atom. The van der Waals surface area contributed by atoms with E-state index in [2.05, 4.69) is 0 Å². The van der Waals surface area contributed by atoms with Crippen molar-refractivity contribution in [1.82, 2.24) is 0 Å². The minimum Gasteiger partial charge on any atom is -0.481 e. The van der Waals surface area contributed by atoms with E-state index in [1.807, 2.05) is 27.2 Å². The summed E-state index contributed by atoms with van der Waals surface area (Å²) in [6.07, 6.45) is 11.1. The summed E-state index contributed by atoms with van der Waals surface area (Å²) in [5, 5.41) is 17.4. The molecule has 0 aromatic heterocycles. The van der Waals surface area contributed by atoms with Crippen molar-refractivity contribution in [3.05, 3.63) is 36.5 Å². The van der Waals surface area contributed by atoms with E-state index in [-0.39, 0.29) is 19.3 Å². The van der Waals surface area contributed by atoms with E-state index in [9.17, 15) is 14.4 Å². The largest absolute Gasteiger partial charge is 0.481 e. The molecule has 0 aliphatic carbocycles. The van der Waals surface area contributed by atoms with Gasteiger partial charge in [0, 0.05) is 12.8 Å². The lowest BCUT2D eigenvalue weighted by atomic mass is 10.2. The topological polar surface area (TPSA) is 101 Å². The summed E-state index contributed by atoms with van der Waals surface area (Å²) >= 11 is 0. The Morgan fingerprint density at radius 3 is 1.88 bits per heavy atom. The Balaban J connectivity index is 4.14. The van der Waals surface area contributed by atoms with Crippen LogP contribution in [0.25, 0.3) is 0 Å². The van der Waals surface area contributed by atoms with Crippen molar-refractivity contribution in [1.29, 1.82) is 0 Å². The fourth-order valence-electron chi connectivity index (χ4n) is 2.08. The average Bonchev–Trinajstić information content (AvgIpc) is 2.46. The minimum absolute atomic E-state index is 0.110. The van der Waals surface area contributed by atoms with Gasteiger partial charge in [-0.3, -0.25) is 14.4 Å². The number of carboxylic acids is 2. The number of quaternary nitrogens is 1. The lowest BCUT2D eigenvalue weighted by Gasteiger charge is -2.28. The molecule has 0 amide bonds. The van der Waals surface area contributed by atoms with Crippen molar-refractivity contribution < 1.29 is 33.8 Å². The van der Waals surface area contributed by atoms with Gasteiger partial charge in [0.2, 0.25) is 0 Å². The van der Waals surface area contributed by atoms with E-state index in [0.29, 0.717) is 23.9 Å². The molecular formula is C19H30NO6+. The van der Waals surface area contributed by atoms with Gasteiger partial charge in [-0.25, -0.2) is 0 Å². The number of hydrogen-bond acceptors (Lipinski definition) is 4. The molecule has 1 unspecified atom stereocenters. The maximum atomic E-state index is 11.8. The van der Waals surface area contributed by atoms with Gasteiger partial charge in [0.1, 0.15) is 6.54 Å². The van der Waals surface area contributed by atoms with Crippen molar-refractivity contribution in [2.24, 2.45) is 0 Å². The monoisotopic (exact) mass is 368 g/mol. The van der Waals surface area contributed by atoms with Crippen molar-refractivity contribution in [3.8, 4) is 0 Å². The van der Waals surface area contributed by atoms with Gasteiger partial charge in [0.05, 0.1) is 27.6 Å². The lowest BCUT2D eigenvalue weighted by Crippen LogP contribution is -2.43. The maximum Gasteiger partial charge on any atom is 0.307 e. The van der Waals surface area contributed by atoms with E-state index in [4.69, 9.17) is 14.9 Å². The first-order chi connectivity index (χ1) is 12.1. The quantitative estimate of drug-likeness (QED) is 0.294. The number of aliphatic carboxylic acids is 2. The molecule has 2 N–H and O–H groups in total. The van der Waals surface area contributed by atoms with Gasteiger partial charge >= 0.3 is 17.9 Å². The standard InChI is InChI=1S/C19H29NO6/c1-20(2,3)15-16(14-18(23)24)26-19(25)13-11-9-7-5-4-6-8-10-12-17(21)22/h4-9,16H,10-15H2,1-3H3,(H-,21,22,23,24)/p+1/b5-4+,8-6+,9-7+. The molecule has 7 heteroatoms. The predicted octanol–water partition coefficient (Wildman–Crippen LogP) is 2.39. The molecule has 0 saturated heterocycles. The van der Waals surface area contributed by atoms with E-state index in [0.717, 1.165) is 0 Å². The van der Waals surface area contributed by atoms with Gasteiger partial charge in [-0.1, -0.05) is 36.5 Å². The first-order valence-corrected chi connectivity index (χ1v) is 8.52. The molecule has 0 aromatic rings. The number of carbonyl (C=O) groups is 3. The molecule has 0 fully saturated rings. The number of carboxylic acid groups (broad SMARTS) is 2. The number of carbonyl (C=O) groups excluding carboxylic acids is 1. The van der Waals surface area contributed by atoms with E-state index in [1.165, 1.54) is 0 Å². The van der Waals surface area contributed by atoms with Crippen LogP contribution < -0.4 is 0 Å². The highest BCUT2D eigenvalue weighted by Crippen LogP contribution is 2.07. The molecule has 0 aromatic carbocycles. The molecule has 0 spiro atoms. The van der Waals surface area contributed by atoms with Crippen LogP contribution in [0, 0.1) is 0 Å². The van der Waals surface area contributed by atoms with Crippen LogP contribution in [0.15, 0.2) is 36.5 Å². The molecule has 0 radical (unpaired) electrons. The summed E-state index contributed by atoms with van der Waals surface area (Å²) in [7, 11) is 5.73. The summed E-state index contributed by atoms with van der Waals surface area (Å²) in [4.78, 5) is 33.1. The average molecular weight is 368 g/mol. The number of likely N-dealkylation sites (N-methyl/N-ethyl adjacent to an activating group) is 1. The summed E-state index contributed by atoms with van der Waals surface area (Å²) in [5.41, 5.74) is 0. The fraction of sp³-hybridized carbons (Fsp3) is 0.526. The Morgan fingerprint density at radius 2 is 1.42 bits per heavy atom. The zero-order valence-corrected chi connectivity index (χ0v) is 15.8. The normalized spacial score (nSPS) is 13.5. The number of ether oxygens (including phenoxy) is 1. The van der Waals surface area contributed by atoms with Crippen LogP contribution >= 0.6 is 0 Å². The third-order valence-electron chi connectivity index (χ3n) is 3.10. The van der Waals surface area contributed by atoms with Crippen LogP contribution in [0.1, 0.15) is 32.1 Å². The second-order valence-corrected chi connectivity index (χ2v) is 6.89. The molecule has 7 nitrogen and oxygen atoms in total. The molecule has 1 atom stereocenters. The van der Waals surface area contributed by atoms with Gasteiger partial charge in [0.25, 0.3) is 0 Å². The fourth-order valence-corrected chi connectivity index (χ4v) is 2.08. The Labute approximate surface area is 154 Å². The number of rotatable bonds is 13. The Kier molecular flexibility index (Phi) is 11.7. The maximum absolute atomic E-state index is 11.8. The van der Waals surface area contributed by atoms with Crippen molar-refractivity contribution in [3.63, 3.8) is 0 Å². The molecule has 0 bridgehead atoms. The Hall–Kier alpha value is -2.41. The number of hydrogen-bond donors (Lipinski definition) is 2. The Bertz CT molecular complexity index is 543. The minimum atomic E-state index is -0.988. The molecule has 0 saturated carbocycles. The molecule has 26 heavy (non-hydrogen) atoms. The molecule has 0 rings (SSSR count). The van der Waals surface area contributed by atoms with Gasteiger partial charge in [-0.2, -0.15) is 0 Å². The van der Waals surface area contributed by atoms with Crippen LogP contribution in [0.2, 0.25) is 0 Å². The summed E-state index contributed by atoms with van der Waals surface area (Å²) in [6.45, 7) is 0.435. The van der Waals surface area contributed by atoms with Gasteiger partial charge in [-0.15, -0.1) is 0 Å². The number of esters is 1. The third kappa shape index (κ3) is 16.4. The second-order valence-electron chi connectivity index (χ2n) is 6.89. The number of allylic oxidation sites excluding steroid dienone is 6. The zero-order chi connectivity index (χ0) is 20.0. The van der Waals surface area contributed by atoms with Crippen molar-refractivity contribution in [2.75, 3.05) is 27.7 Å². The van der Waals surface area contributed by atoms with Crippen LogP contribution in [0.3, 0.4) is 0 Å². The van der Waals surface area contributed by atoms with Crippen molar-refractivity contribution in [2.45, 2.75) is 38.2 Å². The second kappa shape index (κ2) is 12.9. The van der Waals surface area contributed by atoms with Crippen LogP contribution in [0.4, 0.5) is 0 Å². The summed E-state index contributed by atoms with van der Waals surface area (Å²) in [6, 6.07) is 0. The van der Waals surface area contributed by atoms with Crippen molar-refractivity contribution >= 4 is 17.9 Å². The zero-order valence-electron chi connectivity index (χ0n) is 15.8. The SMILES string of the molecule is C[N+](C)(C)CC(CC(=O)O)OC(=O)CC/C=C/C=C/C=C/CCC(=O)O. The molecule has 146 valence electrons. The highest BCUT2D eigenvalue weighted by Gasteiger charge is 2.24. The van der Waals surface area contributed by atoms with Crippen LogP contribution in [0.5, 0.6) is 0 Å². The molecule has 0 heterocycles.